The third-order valence-electron chi connectivity index (χ3n) is 1.96. The van der Waals surface area contributed by atoms with Crippen LogP contribution in [0.15, 0.2) is 22.4 Å². The first-order valence-electron chi connectivity index (χ1n) is 3.93. The highest BCUT2D eigenvalue weighted by molar-refractivity contribution is 5.61. The lowest BCUT2D eigenvalue weighted by atomic mass is 10.4. The molecule has 0 aliphatic heterocycles. The van der Waals surface area contributed by atoms with Crippen molar-refractivity contribution in [1.82, 2.24) is 9.13 Å². The predicted octanol–water partition coefficient (Wildman–Crippen LogP) is -0.778. The highest BCUT2D eigenvalue weighted by atomic mass is 16.2. The number of nitrogens with two attached hydrogens (primary N) is 1. The highest BCUT2D eigenvalue weighted by Gasteiger charge is 2.10. The Morgan fingerprint density at radius 1 is 1.36 bits per heavy atom. The van der Waals surface area contributed by atoms with Crippen LogP contribution < -0.4 is 22.3 Å². The van der Waals surface area contributed by atoms with Gasteiger partial charge in [0.2, 0.25) is 0 Å². The second-order valence-electron chi connectivity index (χ2n) is 2.81. The molecule has 0 saturated heterocycles. The summed E-state index contributed by atoms with van der Waals surface area (Å²) in [5.74, 6) is 0.0954. The van der Waals surface area contributed by atoms with Gasteiger partial charge in [-0.15, -0.1) is 0 Å². The number of aromatic nitrogens is 2. The molecule has 0 saturated carbocycles. The maximum Gasteiger partial charge on any atom is 0.332 e. The average molecular weight is 196 g/mol. The molecule has 0 amide bonds. The van der Waals surface area contributed by atoms with Crippen molar-refractivity contribution in [3.05, 3.63) is 33.6 Å². The molecule has 1 heterocycles. The van der Waals surface area contributed by atoms with Gasteiger partial charge in [0.15, 0.2) is 0 Å². The molecule has 0 spiro atoms. The fourth-order valence-electron chi connectivity index (χ4n) is 1.10. The molecule has 0 aliphatic carbocycles. The van der Waals surface area contributed by atoms with Gasteiger partial charge in [-0.2, -0.15) is 0 Å². The van der Waals surface area contributed by atoms with Crippen molar-refractivity contribution in [3.63, 3.8) is 0 Å². The Hall–Kier alpha value is -1.98. The summed E-state index contributed by atoms with van der Waals surface area (Å²) in [6, 6.07) is 0. The van der Waals surface area contributed by atoms with Gasteiger partial charge in [0.05, 0.1) is 0 Å². The zero-order chi connectivity index (χ0) is 10.9. The van der Waals surface area contributed by atoms with Crippen molar-refractivity contribution < 1.29 is 0 Å². The minimum absolute atomic E-state index is 0.0954. The number of anilines is 2. The van der Waals surface area contributed by atoms with E-state index in [-0.39, 0.29) is 11.5 Å². The van der Waals surface area contributed by atoms with Crippen LogP contribution in [0.2, 0.25) is 0 Å². The number of nitrogen functional groups attached to an aromatic ring is 1. The highest BCUT2D eigenvalue weighted by Crippen LogP contribution is 2.07. The van der Waals surface area contributed by atoms with Gasteiger partial charge < -0.3 is 11.1 Å². The molecule has 0 fully saturated rings. The molecular formula is C8H12N4O2. The Balaban J connectivity index is 3.68. The van der Waals surface area contributed by atoms with Crippen LogP contribution in [-0.2, 0) is 14.1 Å². The molecule has 1 aromatic rings. The van der Waals surface area contributed by atoms with Crippen molar-refractivity contribution in [3.8, 4) is 0 Å². The first kappa shape index (κ1) is 10.1. The van der Waals surface area contributed by atoms with Crippen LogP contribution in [0.5, 0.6) is 0 Å². The van der Waals surface area contributed by atoms with E-state index in [4.69, 9.17) is 5.73 Å². The third kappa shape index (κ3) is 1.30. The molecule has 0 unspecified atom stereocenters. The zero-order valence-corrected chi connectivity index (χ0v) is 8.07. The van der Waals surface area contributed by atoms with Gasteiger partial charge in [0.1, 0.15) is 11.5 Å². The first-order valence-corrected chi connectivity index (χ1v) is 3.93. The molecule has 0 atom stereocenters. The Kier molecular flexibility index (Phi) is 2.46. The summed E-state index contributed by atoms with van der Waals surface area (Å²) in [7, 11) is 2.88. The standard InChI is InChI=1S/C8H12N4O2/c1-4-10-5-6(9)11(2)8(14)12(3)7(5)13/h4,10H,1,9H2,2-3H3. The molecule has 0 radical (unpaired) electrons. The first-order chi connectivity index (χ1) is 6.50. The molecular weight excluding hydrogens is 184 g/mol. The Labute approximate surface area is 80.3 Å². The van der Waals surface area contributed by atoms with Crippen LogP contribution in [-0.4, -0.2) is 9.13 Å². The topological polar surface area (TPSA) is 82.0 Å². The van der Waals surface area contributed by atoms with Crippen LogP contribution >= 0.6 is 0 Å². The third-order valence-corrected chi connectivity index (χ3v) is 1.96. The zero-order valence-electron chi connectivity index (χ0n) is 8.07. The van der Waals surface area contributed by atoms with E-state index < -0.39 is 11.2 Å². The van der Waals surface area contributed by atoms with Gasteiger partial charge in [-0.25, -0.2) is 4.79 Å². The van der Waals surface area contributed by atoms with E-state index in [9.17, 15) is 9.59 Å². The number of nitrogens with zero attached hydrogens (tertiary/aromatic N) is 2. The van der Waals surface area contributed by atoms with Crippen LogP contribution in [0, 0.1) is 0 Å². The molecule has 1 rings (SSSR count). The maximum absolute atomic E-state index is 11.5. The largest absolute Gasteiger partial charge is 0.383 e. The number of rotatable bonds is 2. The normalized spacial score (nSPS) is 9.86. The SMILES string of the molecule is C=CNc1c(N)n(C)c(=O)n(C)c1=O. The fraction of sp³-hybridized carbons (Fsp3) is 0.250. The molecule has 0 aliphatic rings. The summed E-state index contributed by atoms with van der Waals surface area (Å²) < 4.78 is 2.16. The van der Waals surface area contributed by atoms with E-state index in [2.05, 4.69) is 11.9 Å². The lowest BCUT2D eigenvalue weighted by Crippen LogP contribution is -2.39. The van der Waals surface area contributed by atoms with Crippen LogP contribution in [0.3, 0.4) is 0 Å². The monoisotopic (exact) mass is 196 g/mol. The van der Waals surface area contributed by atoms with Crippen LogP contribution in [0.25, 0.3) is 0 Å². The Morgan fingerprint density at radius 3 is 2.43 bits per heavy atom. The summed E-state index contributed by atoms with van der Waals surface area (Å²) in [5, 5.41) is 2.60. The van der Waals surface area contributed by atoms with E-state index in [0.29, 0.717) is 0 Å². The summed E-state index contributed by atoms with van der Waals surface area (Å²) in [5.41, 5.74) is 4.81. The second kappa shape index (κ2) is 3.41. The Morgan fingerprint density at radius 2 is 1.93 bits per heavy atom. The van der Waals surface area contributed by atoms with Crippen LogP contribution in [0.1, 0.15) is 0 Å². The fourth-order valence-corrected chi connectivity index (χ4v) is 1.10. The van der Waals surface area contributed by atoms with Gasteiger partial charge in [0, 0.05) is 14.1 Å². The van der Waals surface area contributed by atoms with Gasteiger partial charge in [-0.3, -0.25) is 13.9 Å². The van der Waals surface area contributed by atoms with E-state index in [1.807, 2.05) is 0 Å². The van der Waals surface area contributed by atoms with E-state index in [0.717, 1.165) is 4.57 Å². The Bertz CT molecular complexity index is 483. The molecule has 0 aromatic carbocycles. The van der Waals surface area contributed by atoms with E-state index in [1.165, 1.54) is 24.9 Å². The van der Waals surface area contributed by atoms with Crippen molar-refractivity contribution >= 4 is 11.5 Å². The molecule has 3 N–H and O–H groups in total. The van der Waals surface area contributed by atoms with Gasteiger partial charge in [-0.1, -0.05) is 6.58 Å². The van der Waals surface area contributed by atoms with Crippen molar-refractivity contribution in [2.45, 2.75) is 0 Å². The molecule has 0 bridgehead atoms. The number of nitrogens with one attached hydrogen (secondary N) is 1. The minimum atomic E-state index is -0.467. The van der Waals surface area contributed by atoms with Gasteiger partial charge in [0.25, 0.3) is 5.56 Å². The molecule has 6 nitrogen and oxygen atoms in total. The predicted molar refractivity (Wildman–Crippen MR) is 55.2 cm³/mol. The lowest BCUT2D eigenvalue weighted by molar-refractivity contribution is 0.697. The number of hydrogen-bond acceptors (Lipinski definition) is 4. The minimum Gasteiger partial charge on any atom is -0.383 e. The maximum atomic E-state index is 11.5. The summed E-state index contributed by atoms with van der Waals surface area (Å²) in [4.78, 5) is 22.9. The smallest absolute Gasteiger partial charge is 0.332 e. The van der Waals surface area contributed by atoms with Gasteiger partial charge >= 0.3 is 5.69 Å². The van der Waals surface area contributed by atoms with E-state index >= 15 is 0 Å². The summed E-state index contributed by atoms with van der Waals surface area (Å²) >= 11 is 0. The van der Waals surface area contributed by atoms with Gasteiger partial charge in [-0.05, 0) is 6.20 Å². The quantitative estimate of drug-likeness (QED) is 0.650. The van der Waals surface area contributed by atoms with Crippen molar-refractivity contribution in [2.75, 3.05) is 11.1 Å². The average Bonchev–Trinajstić information content (AvgIpc) is 2.19. The van der Waals surface area contributed by atoms with Crippen LogP contribution in [0.4, 0.5) is 11.5 Å². The molecule has 1 aromatic heterocycles. The second-order valence-corrected chi connectivity index (χ2v) is 2.81. The van der Waals surface area contributed by atoms with E-state index in [1.54, 1.807) is 0 Å². The summed E-state index contributed by atoms with van der Waals surface area (Å²) in [6.45, 7) is 3.42. The van der Waals surface area contributed by atoms with Crippen molar-refractivity contribution in [1.29, 1.82) is 0 Å². The molecule has 6 heteroatoms. The number of hydrogen-bond donors (Lipinski definition) is 2. The van der Waals surface area contributed by atoms with Crippen molar-refractivity contribution in [2.24, 2.45) is 14.1 Å². The molecule has 14 heavy (non-hydrogen) atoms. The molecule has 76 valence electrons. The summed E-state index contributed by atoms with van der Waals surface area (Å²) in [6.07, 6.45) is 1.33. The lowest BCUT2D eigenvalue weighted by Gasteiger charge is -2.10.